The van der Waals surface area contributed by atoms with Crippen molar-refractivity contribution in [3.8, 4) is 5.95 Å². The first kappa shape index (κ1) is 10.9. The molecule has 0 amide bonds. The predicted molar refractivity (Wildman–Crippen MR) is 62.9 cm³/mol. The van der Waals surface area contributed by atoms with E-state index in [0.29, 0.717) is 17.1 Å². The van der Waals surface area contributed by atoms with Gasteiger partial charge in [0, 0.05) is 18.9 Å². The Morgan fingerprint density at radius 3 is 2.88 bits per heavy atom. The van der Waals surface area contributed by atoms with Crippen LogP contribution >= 0.6 is 11.8 Å². The fraction of sp³-hybridized carbons (Fsp3) is 0.333. The minimum absolute atomic E-state index is 0.528. The Morgan fingerprint density at radius 2 is 2.25 bits per heavy atom. The van der Waals surface area contributed by atoms with Crippen LogP contribution < -0.4 is 5.32 Å². The quantitative estimate of drug-likeness (QED) is 0.805. The van der Waals surface area contributed by atoms with Crippen molar-refractivity contribution in [1.29, 1.82) is 0 Å². The lowest BCUT2D eigenvalue weighted by Crippen LogP contribution is -2.09. The van der Waals surface area contributed by atoms with Crippen molar-refractivity contribution in [2.75, 3.05) is 18.1 Å². The molecule has 1 N–H and O–H groups in total. The Morgan fingerprint density at radius 1 is 1.38 bits per heavy atom. The van der Waals surface area contributed by atoms with Gasteiger partial charge in [-0.1, -0.05) is 11.8 Å². The van der Waals surface area contributed by atoms with E-state index >= 15 is 0 Å². The first-order chi connectivity index (χ1) is 7.83. The average molecular weight is 236 g/mol. The molecule has 0 atom stereocenters. The Hall–Kier alpha value is -1.63. The highest BCUT2D eigenvalue weighted by Gasteiger charge is 2.06. The van der Waals surface area contributed by atoms with Crippen LogP contribution in [-0.2, 0) is 0 Å². The fourth-order valence-electron chi connectivity index (χ4n) is 1.16. The van der Waals surface area contributed by atoms with Crippen molar-refractivity contribution >= 4 is 17.7 Å². The number of anilines is 1. The molecule has 0 fully saturated rings. The van der Waals surface area contributed by atoms with Crippen LogP contribution in [0.3, 0.4) is 0 Å². The summed E-state index contributed by atoms with van der Waals surface area (Å²) < 4.78 is 1.61. The summed E-state index contributed by atoms with van der Waals surface area (Å²) in [5.41, 5.74) is 0. The maximum absolute atomic E-state index is 4.28. The number of nitrogens with zero attached hydrogens (tertiary/aromatic N) is 5. The number of rotatable bonds is 4. The third-order valence-corrected chi connectivity index (χ3v) is 2.38. The first-order valence-electron chi connectivity index (χ1n) is 4.87. The second kappa shape index (κ2) is 4.93. The van der Waals surface area contributed by atoms with E-state index in [2.05, 4.69) is 25.4 Å². The molecule has 0 spiro atoms. The van der Waals surface area contributed by atoms with Crippen LogP contribution in [0.25, 0.3) is 5.95 Å². The van der Waals surface area contributed by atoms with Crippen molar-refractivity contribution in [3.05, 3.63) is 18.5 Å². The third kappa shape index (κ3) is 2.30. The summed E-state index contributed by atoms with van der Waals surface area (Å²) in [7, 11) is 0. The average Bonchev–Trinajstić information content (AvgIpc) is 2.82. The van der Waals surface area contributed by atoms with E-state index in [1.54, 1.807) is 17.1 Å². The molecule has 84 valence electrons. The fourth-order valence-corrected chi connectivity index (χ4v) is 1.51. The first-order valence-corrected chi connectivity index (χ1v) is 6.10. The van der Waals surface area contributed by atoms with Crippen LogP contribution in [-0.4, -0.2) is 37.5 Å². The molecular formula is C9H12N6S. The van der Waals surface area contributed by atoms with Gasteiger partial charge < -0.3 is 5.32 Å². The summed E-state index contributed by atoms with van der Waals surface area (Å²) in [5, 5.41) is 7.84. The van der Waals surface area contributed by atoms with Gasteiger partial charge in [-0.05, 0) is 19.2 Å². The van der Waals surface area contributed by atoms with Gasteiger partial charge in [0.25, 0.3) is 5.95 Å². The zero-order valence-corrected chi connectivity index (χ0v) is 9.90. The molecule has 2 aromatic heterocycles. The molecular weight excluding hydrogens is 224 g/mol. The van der Waals surface area contributed by atoms with Crippen LogP contribution in [0.2, 0.25) is 0 Å². The summed E-state index contributed by atoms with van der Waals surface area (Å²) in [4.78, 5) is 12.8. The van der Waals surface area contributed by atoms with E-state index in [1.807, 2.05) is 19.2 Å². The van der Waals surface area contributed by atoms with Gasteiger partial charge in [0.2, 0.25) is 5.95 Å². The van der Waals surface area contributed by atoms with E-state index in [1.165, 1.54) is 11.8 Å². The summed E-state index contributed by atoms with van der Waals surface area (Å²) in [6, 6.07) is 1.83. The molecule has 0 aliphatic rings. The summed E-state index contributed by atoms with van der Waals surface area (Å²) >= 11 is 1.48. The Balaban J connectivity index is 2.41. The second-order valence-electron chi connectivity index (χ2n) is 2.93. The Kier molecular flexibility index (Phi) is 3.35. The number of nitrogens with one attached hydrogen (secondary N) is 1. The van der Waals surface area contributed by atoms with Crippen LogP contribution in [0.4, 0.5) is 5.95 Å². The van der Waals surface area contributed by atoms with Gasteiger partial charge >= 0.3 is 0 Å². The van der Waals surface area contributed by atoms with Crippen LogP contribution in [0.15, 0.2) is 23.6 Å². The molecule has 0 aliphatic carbocycles. The highest BCUT2D eigenvalue weighted by molar-refractivity contribution is 7.98. The topological polar surface area (TPSA) is 68.5 Å². The lowest BCUT2D eigenvalue weighted by atomic mass is 10.7. The zero-order valence-electron chi connectivity index (χ0n) is 9.08. The Bertz CT molecular complexity index is 455. The van der Waals surface area contributed by atoms with Gasteiger partial charge in [0.15, 0.2) is 5.16 Å². The number of hydrogen-bond acceptors (Lipinski definition) is 6. The monoisotopic (exact) mass is 236 g/mol. The third-order valence-electron chi connectivity index (χ3n) is 1.83. The molecule has 2 aromatic rings. The van der Waals surface area contributed by atoms with Crippen molar-refractivity contribution in [2.24, 2.45) is 0 Å². The van der Waals surface area contributed by atoms with Crippen molar-refractivity contribution in [1.82, 2.24) is 24.7 Å². The van der Waals surface area contributed by atoms with E-state index in [4.69, 9.17) is 0 Å². The zero-order chi connectivity index (χ0) is 11.4. The second-order valence-corrected chi connectivity index (χ2v) is 3.70. The molecule has 6 nitrogen and oxygen atoms in total. The van der Waals surface area contributed by atoms with E-state index in [0.717, 1.165) is 6.54 Å². The summed E-state index contributed by atoms with van der Waals surface area (Å²) in [6.07, 6.45) is 5.42. The number of aromatic nitrogens is 5. The van der Waals surface area contributed by atoms with Gasteiger partial charge in [-0.2, -0.15) is 20.1 Å². The molecule has 0 radical (unpaired) electrons. The predicted octanol–water partition coefficient (Wildman–Crippen LogP) is 1.21. The van der Waals surface area contributed by atoms with Crippen molar-refractivity contribution in [3.63, 3.8) is 0 Å². The standard InChI is InChI=1S/C9H12N6S/c1-3-10-7-12-8(14-9(13-7)16-2)15-6-4-5-11-15/h4-6H,3H2,1-2H3,(H,10,12,13,14). The maximum Gasteiger partial charge on any atom is 0.256 e. The summed E-state index contributed by atoms with van der Waals surface area (Å²) in [5.74, 6) is 1.10. The van der Waals surface area contributed by atoms with Gasteiger partial charge in [-0.3, -0.25) is 0 Å². The van der Waals surface area contributed by atoms with Crippen molar-refractivity contribution < 1.29 is 0 Å². The van der Waals surface area contributed by atoms with E-state index in [-0.39, 0.29) is 0 Å². The van der Waals surface area contributed by atoms with E-state index in [9.17, 15) is 0 Å². The normalized spacial score (nSPS) is 10.4. The van der Waals surface area contributed by atoms with Gasteiger partial charge in [0.05, 0.1) is 0 Å². The molecule has 7 heteroatoms. The molecule has 0 bridgehead atoms. The Labute approximate surface area is 97.5 Å². The SMILES string of the molecule is CCNc1nc(SC)nc(-n2cccn2)n1. The lowest BCUT2D eigenvalue weighted by molar-refractivity contribution is 0.761. The highest BCUT2D eigenvalue weighted by Crippen LogP contribution is 2.12. The van der Waals surface area contributed by atoms with Gasteiger partial charge in [0.1, 0.15) is 0 Å². The van der Waals surface area contributed by atoms with E-state index < -0.39 is 0 Å². The summed E-state index contributed by atoms with van der Waals surface area (Å²) in [6.45, 7) is 2.77. The molecule has 0 saturated heterocycles. The van der Waals surface area contributed by atoms with Crippen LogP contribution in [0, 0.1) is 0 Å². The molecule has 16 heavy (non-hydrogen) atoms. The largest absolute Gasteiger partial charge is 0.354 e. The molecule has 2 rings (SSSR count). The number of thioether (sulfide) groups is 1. The number of hydrogen-bond donors (Lipinski definition) is 1. The highest BCUT2D eigenvalue weighted by atomic mass is 32.2. The smallest absolute Gasteiger partial charge is 0.256 e. The molecule has 0 aliphatic heterocycles. The van der Waals surface area contributed by atoms with Crippen LogP contribution in [0.1, 0.15) is 6.92 Å². The van der Waals surface area contributed by atoms with Gasteiger partial charge in [-0.15, -0.1) is 0 Å². The maximum atomic E-state index is 4.28. The lowest BCUT2D eigenvalue weighted by Gasteiger charge is -2.05. The molecule has 0 unspecified atom stereocenters. The molecule has 2 heterocycles. The molecule has 0 aromatic carbocycles. The minimum Gasteiger partial charge on any atom is -0.354 e. The minimum atomic E-state index is 0.528. The van der Waals surface area contributed by atoms with Crippen molar-refractivity contribution in [2.45, 2.75) is 12.1 Å². The molecule has 0 saturated carbocycles. The van der Waals surface area contributed by atoms with Gasteiger partial charge in [-0.25, -0.2) is 4.68 Å². The van der Waals surface area contributed by atoms with Crippen LogP contribution in [0.5, 0.6) is 0 Å².